The van der Waals surface area contributed by atoms with Crippen molar-refractivity contribution in [3.63, 3.8) is 0 Å². The molecule has 2 aromatic carbocycles. The van der Waals surface area contributed by atoms with Gasteiger partial charge in [0, 0.05) is 41.4 Å². The number of carbonyl (C=O) groups excluding carboxylic acids is 2. The number of ketones is 1. The lowest BCUT2D eigenvalue weighted by Gasteiger charge is -2.37. The number of Topliss-reactive ketones (excluding diaryl/α,β-unsaturated/α-hetero) is 1. The lowest BCUT2D eigenvalue weighted by Crippen LogP contribution is -2.37. The van der Waals surface area contributed by atoms with Crippen LogP contribution in [0, 0.1) is 10.1 Å². The number of nitrogens with zero attached hydrogens (tertiary/aromatic N) is 1. The molecular weight excluding hydrogens is 456 g/mol. The van der Waals surface area contributed by atoms with Crippen LogP contribution < -0.4 is 5.32 Å². The molecule has 1 saturated carbocycles. The Bertz CT molecular complexity index is 1260. The van der Waals surface area contributed by atoms with E-state index in [1.165, 1.54) is 12.1 Å². The minimum atomic E-state index is -0.707. The SMILES string of the molecule is CC1=C(C(=O)OC2CCCCC2)[C@H](c2cccc([N+](=O)[O-])c2)C2=C(C[C@H](c3ccccc3)CC2=O)N1. The summed E-state index contributed by atoms with van der Waals surface area (Å²) in [6.07, 6.45) is 5.66. The van der Waals surface area contributed by atoms with Crippen molar-refractivity contribution in [2.75, 3.05) is 0 Å². The number of non-ortho nitro benzene ring substituents is 1. The molecule has 3 aliphatic rings. The highest BCUT2D eigenvalue weighted by Crippen LogP contribution is 2.46. The van der Waals surface area contributed by atoms with Crippen LogP contribution in [0.25, 0.3) is 0 Å². The first-order valence-electron chi connectivity index (χ1n) is 12.7. The lowest BCUT2D eigenvalue weighted by molar-refractivity contribution is -0.384. The molecule has 0 saturated heterocycles. The number of esters is 1. The number of dihydropyridines is 1. The van der Waals surface area contributed by atoms with Gasteiger partial charge in [-0.3, -0.25) is 14.9 Å². The predicted octanol–water partition coefficient (Wildman–Crippen LogP) is 5.83. The second-order valence-corrected chi connectivity index (χ2v) is 9.95. The van der Waals surface area contributed by atoms with Gasteiger partial charge in [-0.2, -0.15) is 0 Å². The van der Waals surface area contributed by atoms with Gasteiger partial charge in [-0.05, 0) is 56.1 Å². The molecule has 0 amide bonds. The molecule has 2 atom stereocenters. The van der Waals surface area contributed by atoms with E-state index in [4.69, 9.17) is 4.74 Å². The molecule has 0 radical (unpaired) electrons. The fourth-order valence-corrected chi connectivity index (χ4v) is 5.82. The fourth-order valence-electron chi connectivity index (χ4n) is 5.82. The average Bonchev–Trinajstić information content (AvgIpc) is 2.88. The Kier molecular flexibility index (Phi) is 6.72. The van der Waals surface area contributed by atoms with Crippen molar-refractivity contribution in [2.24, 2.45) is 0 Å². The third-order valence-electron chi connectivity index (χ3n) is 7.56. The molecule has 7 heteroatoms. The molecule has 36 heavy (non-hydrogen) atoms. The summed E-state index contributed by atoms with van der Waals surface area (Å²) >= 11 is 0. The number of hydrogen-bond acceptors (Lipinski definition) is 6. The van der Waals surface area contributed by atoms with E-state index in [1.807, 2.05) is 37.3 Å². The van der Waals surface area contributed by atoms with E-state index >= 15 is 0 Å². The summed E-state index contributed by atoms with van der Waals surface area (Å²) < 4.78 is 5.93. The number of allylic oxidation sites excluding steroid dienone is 3. The van der Waals surface area contributed by atoms with Gasteiger partial charge in [0.15, 0.2) is 5.78 Å². The van der Waals surface area contributed by atoms with Gasteiger partial charge >= 0.3 is 5.97 Å². The van der Waals surface area contributed by atoms with Crippen LogP contribution in [-0.2, 0) is 14.3 Å². The molecule has 5 rings (SSSR count). The van der Waals surface area contributed by atoms with E-state index in [9.17, 15) is 19.7 Å². The lowest BCUT2D eigenvalue weighted by atomic mass is 9.71. The Morgan fingerprint density at radius 1 is 1.00 bits per heavy atom. The molecule has 7 nitrogen and oxygen atoms in total. The maximum atomic E-state index is 13.7. The van der Waals surface area contributed by atoms with Crippen LogP contribution in [0.1, 0.15) is 74.8 Å². The molecule has 0 aromatic heterocycles. The standard InChI is InChI=1S/C29H30N2O5/c1-18-26(29(33)36-23-13-6-3-7-14-23)27(20-11-8-12-22(15-20)31(34)35)28-24(30-18)16-21(17-25(28)32)19-9-4-2-5-10-19/h2,4-5,8-12,15,21,23,27,30H,3,6-7,13-14,16-17H2,1H3/t21-,27-/m0/s1. The van der Waals surface area contributed by atoms with Crippen LogP contribution in [0.15, 0.2) is 77.1 Å². The Morgan fingerprint density at radius 3 is 2.44 bits per heavy atom. The maximum Gasteiger partial charge on any atom is 0.337 e. The highest BCUT2D eigenvalue weighted by atomic mass is 16.6. The smallest absolute Gasteiger partial charge is 0.337 e. The maximum absolute atomic E-state index is 13.7. The zero-order valence-corrected chi connectivity index (χ0v) is 20.4. The van der Waals surface area contributed by atoms with Crippen LogP contribution in [0.2, 0.25) is 0 Å². The van der Waals surface area contributed by atoms with E-state index in [1.54, 1.807) is 12.1 Å². The summed E-state index contributed by atoms with van der Waals surface area (Å²) in [5.41, 5.74) is 3.87. The first-order chi connectivity index (χ1) is 17.4. The molecule has 0 spiro atoms. The zero-order valence-electron chi connectivity index (χ0n) is 20.4. The first-order valence-corrected chi connectivity index (χ1v) is 12.7. The van der Waals surface area contributed by atoms with Gasteiger partial charge in [-0.15, -0.1) is 0 Å². The van der Waals surface area contributed by atoms with Crippen molar-refractivity contribution in [3.8, 4) is 0 Å². The quantitative estimate of drug-likeness (QED) is 0.324. The number of nitrogens with one attached hydrogen (secondary N) is 1. The van der Waals surface area contributed by atoms with Crippen LogP contribution in [0.3, 0.4) is 0 Å². The Balaban J connectivity index is 1.56. The largest absolute Gasteiger partial charge is 0.459 e. The number of benzene rings is 2. The van der Waals surface area contributed by atoms with E-state index in [0.29, 0.717) is 35.2 Å². The van der Waals surface area contributed by atoms with Crippen molar-refractivity contribution in [1.29, 1.82) is 0 Å². The summed E-state index contributed by atoms with van der Waals surface area (Å²) in [7, 11) is 0. The Hall–Kier alpha value is -3.74. The van der Waals surface area contributed by atoms with Crippen molar-refractivity contribution in [3.05, 3.63) is 98.4 Å². The summed E-state index contributed by atoms with van der Waals surface area (Å²) in [5.74, 6) is -1.18. The number of hydrogen-bond donors (Lipinski definition) is 1. The number of nitro benzene ring substituents is 1. The van der Waals surface area contributed by atoms with Gasteiger partial charge in [0.05, 0.1) is 10.5 Å². The van der Waals surface area contributed by atoms with E-state index < -0.39 is 16.8 Å². The molecule has 186 valence electrons. The summed E-state index contributed by atoms with van der Waals surface area (Å²) in [6.45, 7) is 1.82. The molecule has 2 aliphatic carbocycles. The van der Waals surface area contributed by atoms with Gasteiger partial charge < -0.3 is 10.1 Å². The molecular formula is C29H30N2O5. The average molecular weight is 487 g/mol. The van der Waals surface area contributed by atoms with E-state index in [0.717, 1.165) is 43.4 Å². The Labute approximate surface area is 210 Å². The molecule has 1 N–H and O–H groups in total. The van der Waals surface area contributed by atoms with Crippen LogP contribution in [-0.4, -0.2) is 22.8 Å². The molecule has 1 heterocycles. The topological polar surface area (TPSA) is 98.5 Å². The monoisotopic (exact) mass is 486 g/mol. The fraction of sp³-hybridized carbons (Fsp3) is 0.379. The van der Waals surface area contributed by atoms with Gasteiger partial charge in [0.1, 0.15) is 6.10 Å². The highest BCUT2D eigenvalue weighted by Gasteiger charge is 2.42. The van der Waals surface area contributed by atoms with Crippen molar-refractivity contribution in [2.45, 2.75) is 69.8 Å². The van der Waals surface area contributed by atoms with Crippen molar-refractivity contribution < 1.29 is 19.2 Å². The van der Waals surface area contributed by atoms with Crippen LogP contribution in [0.5, 0.6) is 0 Å². The Morgan fingerprint density at radius 2 is 1.72 bits per heavy atom. The summed E-state index contributed by atoms with van der Waals surface area (Å²) in [4.78, 5) is 38.3. The second kappa shape index (κ2) is 10.1. The molecule has 2 aromatic rings. The normalized spacial score (nSPS) is 22.6. The molecule has 0 unspecified atom stereocenters. The van der Waals surface area contributed by atoms with Crippen molar-refractivity contribution >= 4 is 17.4 Å². The predicted molar refractivity (Wildman–Crippen MR) is 135 cm³/mol. The number of rotatable bonds is 5. The number of carbonyl (C=O) groups is 2. The first kappa shape index (κ1) is 24.0. The van der Waals surface area contributed by atoms with Gasteiger partial charge in [-0.25, -0.2) is 4.79 Å². The summed E-state index contributed by atoms with van der Waals surface area (Å²) in [5, 5.41) is 14.9. The third-order valence-corrected chi connectivity index (χ3v) is 7.56. The molecule has 1 fully saturated rings. The molecule has 0 bridgehead atoms. The zero-order chi connectivity index (χ0) is 25.2. The highest BCUT2D eigenvalue weighted by molar-refractivity contribution is 6.04. The minimum absolute atomic E-state index is 0.0271. The number of nitro groups is 1. The van der Waals surface area contributed by atoms with Crippen LogP contribution >= 0.6 is 0 Å². The van der Waals surface area contributed by atoms with E-state index in [2.05, 4.69) is 5.32 Å². The van der Waals surface area contributed by atoms with Crippen LogP contribution in [0.4, 0.5) is 5.69 Å². The van der Waals surface area contributed by atoms with Gasteiger partial charge in [0.2, 0.25) is 0 Å². The minimum Gasteiger partial charge on any atom is -0.459 e. The molecule has 1 aliphatic heterocycles. The van der Waals surface area contributed by atoms with E-state index in [-0.39, 0.29) is 23.5 Å². The van der Waals surface area contributed by atoms with Crippen molar-refractivity contribution in [1.82, 2.24) is 5.32 Å². The second-order valence-electron chi connectivity index (χ2n) is 9.95. The van der Waals surface area contributed by atoms with Gasteiger partial charge in [0.25, 0.3) is 5.69 Å². The van der Waals surface area contributed by atoms with Gasteiger partial charge in [-0.1, -0.05) is 48.9 Å². The number of ether oxygens (including phenoxy) is 1. The third kappa shape index (κ3) is 4.70. The summed E-state index contributed by atoms with van der Waals surface area (Å²) in [6, 6.07) is 16.2.